The second kappa shape index (κ2) is 9.71. The molecule has 7 nitrogen and oxygen atoms in total. The van der Waals surface area contributed by atoms with Gasteiger partial charge in [0.2, 0.25) is 0 Å². The summed E-state index contributed by atoms with van der Waals surface area (Å²) in [6.45, 7) is 3.54. The number of carbonyl (C=O) groups excluding carboxylic acids is 2. The zero-order chi connectivity index (χ0) is 29.4. The number of aliphatic hydroxyl groups excluding tert-OH is 2. The number of hydrogen-bond acceptors (Lipinski definition) is 7. The lowest BCUT2D eigenvalue weighted by molar-refractivity contribution is -0.201. The second-order valence-electron chi connectivity index (χ2n) is 13.5. The van der Waals surface area contributed by atoms with Crippen LogP contribution in [0.2, 0.25) is 0 Å². The second-order valence-corrected chi connectivity index (χ2v) is 13.5. The number of Topliss-reactive ketones (excluding diaryl/α,β-unsaturated/α-hetero) is 1. The van der Waals surface area contributed by atoms with Gasteiger partial charge in [0.25, 0.3) is 0 Å². The van der Waals surface area contributed by atoms with Crippen molar-refractivity contribution in [2.24, 2.45) is 28.6 Å². The first-order valence-corrected chi connectivity index (χ1v) is 15.1. The number of anilines is 1. The highest BCUT2D eigenvalue weighted by atomic mass is 16.7. The van der Waals surface area contributed by atoms with Gasteiger partial charge >= 0.3 is 0 Å². The highest BCUT2D eigenvalue weighted by molar-refractivity contribution is 6.01. The van der Waals surface area contributed by atoms with Gasteiger partial charge in [-0.3, -0.25) is 9.59 Å². The molecule has 3 saturated carbocycles. The number of carbonyl (C=O) groups is 2. The van der Waals surface area contributed by atoms with Crippen molar-refractivity contribution < 1.29 is 29.3 Å². The van der Waals surface area contributed by atoms with E-state index in [1.54, 1.807) is 12.2 Å². The number of ether oxygens (including phenoxy) is 2. The van der Waals surface area contributed by atoms with Crippen molar-refractivity contribution >= 4 is 17.3 Å². The zero-order valence-electron chi connectivity index (χ0n) is 24.2. The van der Waals surface area contributed by atoms with Crippen molar-refractivity contribution in [3.05, 3.63) is 89.0 Å². The molecule has 7 heteroatoms. The van der Waals surface area contributed by atoms with Gasteiger partial charge in [0.05, 0.1) is 12.2 Å². The molecule has 1 aliphatic heterocycles. The van der Waals surface area contributed by atoms with Gasteiger partial charge in [0, 0.05) is 28.0 Å². The molecule has 2 aromatic carbocycles. The third-order valence-corrected chi connectivity index (χ3v) is 11.4. The van der Waals surface area contributed by atoms with Crippen molar-refractivity contribution in [1.29, 1.82) is 0 Å². The Hall–Kier alpha value is -3.10. The SMILES string of the molecule is CC12C=CC(=O)C=C1CCC1C2C(O)CC2(C)C1CC1OC(c3ccc(Cc4cccc(N)c4)cc3)OC12C(=O)CO. The summed E-state index contributed by atoms with van der Waals surface area (Å²) in [5, 5.41) is 22.0. The van der Waals surface area contributed by atoms with Crippen LogP contribution in [0.15, 0.2) is 72.3 Å². The maximum Gasteiger partial charge on any atom is 0.193 e. The van der Waals surface area contributed by atoms with Crippen LogP contribution in [0.1, 0.15) is 62.5 Å². The van der Waals surface area contributed by atoms with Crippen LogP contribution in [0.4, 0.5) is 5.69 Å². The Morgan fingerprint density at radius 3 is 2.64 bits per heavy atom. The van der Waals surface area contributed by atoms with E-state index in [1.165, 1.54) is 0 Å². The van der Waals surface area contributed by atoms with Crippen LogP contribution in [0.5, 0.6) is 0 Å². The lowest BCUT2D eigenvalue weighted by Gasteiger charge is -2.59. The predicted octanol–water partition coefficient (Wildman–Crippen LogP) is 4.46. The number of fused-ring (bicyclic) bond motifs is 7. The van der Waals surface area contributed by atoms with E-state index < -0.39 is 41.5 Å². The van der Waals surface area contributed by atoms with Gasteiger partial charge in [-0.1, -0.05) is 61.9 Å². The van der Waals surface area contributed by atoms with Gasteiger partial charge in [-0.2, -0.15) is 0 Å². The number of nitrogens with two attached hydrogens (primary N) is 1. The van der Waals surface area contributed by atoms with Gasteiger partial charge in [0.15, 0.2) is 23.5 Å². The van der Waals surface area contributed by atoms with Crippen LogP contribution in [-0.2, 0) is 25.5 Å². The van der Waals surface area contributed by atoms with Gasteiger partial charge in [-0.25, -0.2) is 0 Å². The van der Waals surface area contributed by atoms with Crippen LogP contribution in [0.25, 0.3) is 0 Å². The Morgan fingerprint density at radius 1 is 1.12 bits per heavy atom. The number of ketones is 2. The average molecular weight is 570 g/mol. The summed E-state index contributed by atoms with van der Waals surface area (Å²) in [5.41, 5.74) is 8.36. The van der Waals surface area contributed by atoms with E-state index in [2.05, 4.69) is 13.8 Å². The summed E-state index contributed by atoms with van der Waals surface area (Å²) in [6.07, 6.45) is 6.73. The van der Waals surface area contributed by atoms with Crippen molar-refractivity contribution in [2.75, 3.05) is 12.3 Å². The Balaban J connectivity index is 1.18. The molecule has 0 aromatic heterocycles. The topological polar surface area (TPSA) is 119 Å². The van der Waals surface area contributed by atoms with E-state index in [9.17, 15) is 19.8 Å². The monoisotopic (exact) mass is 569 g/mol. The summed E-state index contributed by atoms with van der Waals surface area (Å²) in [5.74, 6) is -0.246. The molecule has 42 heavy (non-hydrogen) atoms. The molecule has 9 atom stereocenters. The number of benzene rings is 2. The lowest BCUT2D eigenvalue weighted by Crippen LogP contribution is -2.63. The maximum atomic E-state index is 13.7. The number of aliphatic hydroxyl groups is 2. The largest absolute Gasteiger partial charge is 0.399 e. The molecular weight excluding hydrogens is 530 g/mol. The normalized spacial score (nSPS) is 40.1. The van der Waals surface area contributed by atoms with Crippen LogP contribution < -0.4 is 5.73 Å². The molecule has 2 aromatic rings. The molecule has 0 radical (unpaired) electrons. The standard InChI is InChI=1S/C35H39NO6/c1-33-13-12-25(38)16-23(33)10-11-26-27-17-30-35(29(40)19-37,34(27,2)18-28(39)31(26)33)42-32(41-30)22-8-6-20(7-9-22)14-21-4-3-5-24(36)15-21/h3-9,12-13,15-16,26-28,30-32,37,39H,10-11,14,17-19,36H2,1-2H3. The third-order valence-electron chi connectivity index (χ3n) is 11.4. The predicted molar refractivity (Wildman–Crippen MR) is 157 cm³/mol. The van der Waals surface area contributed by atoms with Gasteiger partial charge < -0.3 is 25.4 Å². The van der Waals surface area contributed by atoms with E-state index in [0.717, 1.165) is 47.2 Å². The minimum atomic E-state index is -1.35. The summed E-state index contributed by atoms with van der Waals surface area (Å²) in [7, 11) is 0. The smallest absolute Gasteiger partial charge is 0.193 e. The summed E-state index contributed by atoms with van der Waals surface area (Å²) in [6, 6.07) is 15.9. The fourth-order valence-corrected chi connectivity index (χ4v) is 9.57. The highest BCUT2D eigenvalue weighted by Gasteiger charge is 2.75. The molecule has 1 heterocycles. The van der Waals surface area contributed by atoms with Crippen LogP contribution in [0, 0.1) is 28.6 Å². The molecule has 0 amide bonds. The Morgan fingerprint density at radius 2 is 1.90 bits per heavy atom. The molecule has 4 aliphatic carbocycles. The number of nitrogen functional groups attached to an aromatic ring is 1. The first-order valence-electron chi connectivity index (χ1n) is 15.1. The maximum absolute atomic E-state index is 13.7. The van der Waals surface area contributed by atoms with Crippen molar-refractivity contribution in [3.63, 3.8) is 0 Å². The first-order chi connectivity index (χ1) is 20.1. The molecule has 220 valence electrons. The number of rotatable bonds is 5. The van der Waals surface area contributed by atoms with Crippen LogP contribution in [-0.4, -0.2) is 46.2 Å². The molecular formula is C35H39NO6. The van der Waals surface area contributed by atoms with E-state index in [1.807, 2.05) is 54.6 Å². The summed E-state index contributed by atoms with van der Waals surface area (Å²) >= 11 is 0. The number of allylic oxidation sites excluding steroid dienone is 4. The van der Waals surface area contributed by atoms with Crippen molar-refractivity contribution in [2.45, 2.75) is 70.1 Å². The minimum Gasteiger partial charge on any atom is -0.399 e. The lowest BCUT2D eigenvalue weighted by atomic mass is 9.46. The summed E-state index contributed by atoms with van der Waals surface area (Å²) < 4.78 is 13.3. The van der Waals surface area contributed by atoms with Gasteiger partial charge in [-0.05, 0) is 79.4 Å². The van der Waals surface area contributed by atoms with E-state index >= 15 is 0 Å². The molecule has 9 unspecified atom stereocenters. The Labute approximate surface area is 246 Å². The van der Waals surface area contributed by atoms with Crippen molar-refractivity contribution in [1.82, 2.24) is 0 Å². The summed E-state index contributed by atoms with van der Waals surface area (Å²) in [4.78, 5) is 25.9. The molecule has 0 bridgehead atoms. The van der Waals surface area contributed by atoms with Crippen molar-refractivity contribution in [3.8, 4) is 0 Å². The Bertz CT molecular complexity index is 1500. The fourth-order valence-electron chi connectivity index (χ4n) is 9.57. The molecule has 0 spiro atoms. The van der Waals surface area contributed by atoms with E-state index in [0.29, 0.717) is 12.8 Å². The highest BCUT2D eigenvalue weighted by Crippen LogP contribution is 2.70. The molecule has 4 N–H and O–H groups in total. The van der Waals surface area contributed by atoms with E-state index in [4.69, 9.17) is 15.2 Å². The fraction of sp³-hybridized carbons (Fsp3) is 0.486. The van der Waals surface area contributed by atoms with Gasteiger partial charge in [0.1, 0.15) is 6.61 Å². The molecule has 7 rings (SSSR count). The molecule has 1 saturated heterocycles. The van der Waals surface area contributed by atoms with E-state index in [-0.39, 0.29) is 29.3 Å². The van der Waals surface area contributed by atoms with Crippen LogP contribution >= 0.6 is 0 Å². The average Bonchev–Trinajstić information content (AvgIpc) is 3.46. The Kier molecular flexibility index (Phi) is 6.41. The first kappa shape index (κ1) is 27.7. The third kappa shape index (κ3) is 3.87. The number of hydrogen-bond donors (Lipinski definition) is 3. The van der Waals surface area contributed by atoms with Crippen LogP contribution in [0.3, 0.4) is 0 Å². The van der Waals surface area contributed by atoms with Gasteiger partial charge in [-0.15, -0.1) is 0 Å². The zero-order valence-corrected chi connectivity index (χ0v) is 24.2. The molecule has 5 aliphatic rings. The quantitative estimate of drug-likeness (QED) is 0.455. The minimum absolute atomic E-state index is 0.00425. The molecule has 4 fully saturated rings.